The van der Waals surface area contributed by atoms with E-state index in [1.54, 1.807) is 30.5 Å². The van der Waals surface area contributed by atoms with Gasteiger partial charge in [0.05, 0.1) is 10.6 Å². The fraction of sp³-hybridized carbons (Fsp3) is 0. The van der Waals surface area contributed by atoms with Gasteiger partial charge in [0.1, 0.15) is 5.82 Å². The van der Waals surface area contributed by atoms with E-state index in [1.165, 1.54) is 6.07 Å². The average molecular weight is 346 g/mol. The summed E-state index contributed by atoms with van der Waals surface area (Å²) in [4.78, 5) is 16.0. The minimum Gasteiger partial charge on any atom is -0.306 e. The molecule has 2 rings (SSSR count). The van der Waals surface area contributed by atoms with Crippen molar-refractivity contribution < 1.29 is 4.79 Å². The summed E-state index contributed by atoms with van der Waals surface area (Å²) < 4.78 is 0.824. The Morgan fingerprint density at radius 1 is 1.22 bits per heavy atom. The third kappa shape index (κ3) is 3.22. The highest BCUT2D eigenvalue weighted by Gasteiger charge is 2.11. The van der Waals surface area contributed by atoms with Crippen LogP contribution < -0.4 is 5.32 Å². The van der Waals surface area contributed by atoms with Gasteiger partial charge in [0, 0.05) is 15.7 Å². The number of aromatic nitrogens is 1. The van der Waals surface area contributed by atoms with E-state index in [9.17, 15) is 4.79 Å². The Balaban J connectivity index is 2.24. The molecule has 0 atom stereocenters. The van der Waals surface area contributed by atoms with Gasteiger partial charge in [0.15, 0.2) is 0 Å². The van der Waals surface area contributed by atoms with E-state index in [0.717, 1.165) is 4.47 Å². The molecule has 1 N–H and O–H groups in total. The molecule has 2 aromatic rings. The predicted molar refractivity (Wildman–Crippen MR) is 76.4 cm³/mol. The third-order valence-corrected chi connectivity index (χ3v) is 3.19. The van der Waals surface area contributed by atoms with Crippen molar-refractivity contribution in [3.8, 4) is 0 Å². The number of carbonyl (C=O) groups is 1. The highest BCUT2D eigenvalue weighted by atomic mass is 79.9. The van der Waals surface area contributed by atoms with Crippen LogP contribution in [0, 0.1) is 0 Å². The highest BCUT2D eigenvalue weighted by molar-refractivity contribution is 9.10. The summed E-state index contributed by atoms with van der Waals surface area (Å²) in [7, 11) is 0. The molecule has 92 valence electrons. The first-order valence-corrected chi connectivity index (χ1v) is 6.49. The van der Waals surface area contributed by atoms with E-state index < -0.39 is 0 Å². The number of pyridine rings is 1. The van der Waals surface area contributed by atoms with Crippen LogP contribution in [0.5, 0.6) is 0 Å². The maximum Gasteiger partial charge on any atom is 0.258 e. The summed E-state index contributed by atoms with van der Waals surface area (Å²) in [5.41, 5.74) is 0.311. The van der Waals surface area contributed by atoms with Crippen LogP contribution in [0.15, 0.2) is 41.0 Å². The first kappa shape index (κ1) is 13.3. The van der Waals surface area contributed by atoms with Crippen LogP contribution in [0.3, 0.4) is 0 Å². The molecule has 1 aromatic heterocycles. The lowest BCUT2D eigenvalue weighted by Gasteiger charge is -2.06. The second-order valence-corrected chi connectivity index (χ2v) is 5.20. The van der Waals surface area contributed by atoms with Gasteiger partial charge in [-0.2, -0.15) is 0 Å². The van der Waals surface area contributed by atoms with Gasteiger partial charge in [-0.15, -0.1) is 0 Å². The Hall–Kier alpha value is -1.10. The number of anilines is 1. The predicted octanol–water partition coefficient (Wildman–Crippen LogP) is 4.40. The number of hydrogen-bond acceptors (Lipinski definition) is 2. The second kappa shape index (κ2) is 5.69. The van der Waals surface area contributed by atoms with E-state index in [2.05, 4.69) is 26.2 Å². The molecule has 0 saturated heterocycles. The highest BCUT2D eigenvalue weighted by Crippen LogP contribution is 2.22. The van der Waals surface area contributed by atoms with Gasteiger partial charge in [-0.3, -0.25) is 4.79 Å². The molecule has 1 aromatic carbocycles. The number of amides is 1. The fourth-order valence-electron chi connectivity index (χ4n) is 1.33. The zero-order chi connectivity index (χ0) is 13.1. The largest absolute Gasteiger partial charge is 0.306 e. The lowest BCUT2D eigenvalue weighted by molar-refractivity contribution is 0.102. The smallest absolute Gasteiger partial charge is 0.258 e. The normalized spacial score (nSPS) is 10.2. The Morgan fingerprint density at radius 3 is 2.72 bits per heavy atom. The van der Waals surface area contributed by atoms with Gasteiger partial charge < -0.3 is 5.32 Å². The standard InChI is InChI=1S/C12H7BrCl2N2O/c13-7-3-4-16-11(5-7)17-12(18)9-6-8(14)1-2-10(9)15/h1-6H,(H,16,17,18). The van der Waals surface area contributed by atoms with Crippen LogP contribution in [-0.2, 0) is 0 Å². The summed E-state index contributed by atoms with van der Waals surface area (Å²) >= 11 is 15.1. The van der Waals surface area contributed by atoms with E-state index in [-0.39, 0.29) is 5.91 Å². The first-order chi connectivity index (χ1) is 8.56. The summed E-state index contributed by atoms with van der Waals surface area (Å²) in [6.07, 6.45) is 1.58. The molecule has 1 amide bonds. The van der Waals surface area contributed by atoms with E-state index >= 15 is 0 Å². The van der Waals surface area contributed by atoms with Crippen molar-refractivity contribution in [2.45, 2.75) is 0 Å². The first-order valence-electron chi connectivity index (χ1n) is 4.94. The minimum absolute atomic E-state index is 0.311. The molecule has 0 aliphatic rings. The molecule has 6 heteroatoms. The number of nitrogens with zero attached hydrogens (tertiary/aromatic N) is 1. The number of rotatable bonds is 2. The van der Waals surface area contributed by atoms with Crippen molar-refractivity contribution >= 4 is 50.9 Å². The molecule has 0 radical (unpaired) electrons. The molecule has 0 aliphatic heterocycles. The Labute approximate surface area is 122 Å². The van der Waals surface area contributed by atoms with Gasteiger partial charge in [-0.1, -0.05) is 39.1 Å². The van der Waals surface area contributed by atoms with Crippen molar-refractivity contribution in [3.05, 3.63) is 56.6 Å². The van der Waals surface area contributed by atoms with Gasteiger partial charge in [0.25, 0.3) is 5.91 Å². The molecular formula is C12H7BrCl2N2O. The number of benzene rings is 1. The van der Waals surface area contributed by atoms with Crippen molar-refractivity contribution in [3.63, 3.8) is 0 Å². The van der Waals surface area contributed by atoms with Crippen LogP contribution in [0.4, 0.5) is 5.82 Å². The number of nitrogens with one attached hydrogen (secondary N) is 1. The van der Waals surface area contributed by atoms with E-state index in [0.29, 0.717) is 21.4 Å². The van der Waals surface area contributed by atoms with Gasteiger partial charge in [-0.25, -0.2) is 4.98 Å². The summed E-state index contributed by atoms with van der Waals surface area (Å²) in [6, 6.07) is 8.17. The quantitative estimate of drug-likeness (QED) is 0.876. The summed E-state index contributed by atoms with van der Waals surface area (Å²) in [6.45, 7) is 0. The maximum absolute atomic E-state index is 12.0. The van der Waals surface area contributed by atoms with E-state index in [1.807, 2.05) is 0 Å². The lowest BCUT2D eigenvalue weighted by atomic mass is 10.2. The van der Waals surface area contributed by atoms with Gasteiger partial charge in [0.2, 0.25) is 0 Å². The second-order valence-electron chi connectivity index (χ2n) is 3.44. The molecule has 3 nitrogen and oxygen atoms in total. The zero-order valence-corrected chi connectivity index (χ0v) is 12.1. The molecule has 0 aliphatic carbocycles. The fourth-order valence-corrected chi connectivity index (χ4v) is 2.04. The van der Waals surface area contributed by atoms with Crippen LogP contribution in [0.1, 0.15) is 10.4 Å². The third-order valence-electron chi connectivity index (χ3n) is 2.14. The van der Waals surface area contributed by atoms with Crippen LogP contribution in [0.25, 0.3) is 0 Å². The van der Waals surface area contributed by atoms with Crippen molar-refractivity contribution in [1.82, 2.24) is 4.98 Å². The van der Waals surface area contributed by atoms with Crippen LogP contribution >= 0.6 is 39.1 Å². The number of halogens is 3. The molecule has 0 unspecified atom stereocenters. The minimum atomic E-state index is -0.354. The molecular weight excluding hydrogens is 339 g/mol. The Morgan fingerprint density at radius 2 is 2.00 bits per heavy atom. The number of carbonyl (C=O) groups excluding carboxylic acids is 1. The van der Waals surface area contributed by atoms with Crippen LogP contribution in [0.2, 0.25) is 10.0 Å². The Kier molecular flexibility index (Phi) is 4.22. The zero-order valence-electron chi connectivity index (χ0n) is 8.95. The molecule has 0 bridgehead atoms. The molecule has 0 saturated carbocycles. The summed E-state index contributed by atoms with van der Waals surface area (Å²) in [5, 5.41) is 3.43. The maximum atomic E-state index is 12.0. The topological polar surface area (TPSA) is 42.0 Å². The van der Waals surface area contributed by atoms with Crippen LogP contribution in [-0.4, -0.2) is 10.9 Å². The lowest BCUT2D eigenvalue weighted by Crippen LogP contribution is -2.13. The van der Waals surface area contributed by atoms with Gasteiger partial charge >= 0.3 is 0 Å². The Bertz CT molecular complexity index is 604. The van der Waals surface area contributed by atoms with Gasteiger partial charge in [-0.05, 0) is 30.3 Å². The summed E-state index contributed by atoms with van der Waals surface area (Å²) in [5.74, 6) is 0.0820. The van der Waals surface area contributed by atoms with Crippen molar-refractivity contribution in [2.24, 2.45) is 0 Å². The molecule has 1 heterocycles. The monoisotopic (exact) mass is 344 g/mol. The van der Waals surface area contributed by atoms with Crippen molar-refractivity contribution in [1.29, 1.82) is 0 Å². The molecule has 0 spiro atoms. The molecule has 0 fully saturated rings. The average Bonchev–Trinajstić information content (AvgIpc) is 2.32. The van der Waals surface area contributed by atoms with Crippen molar-refractivity contribution in [2.75, 3.05) is 5.32 Å². The molecule has 18 heavy (non-hydrogen) atoms. The van der Waals surface area contributed by atoms with E-state index in [4.69, 9.17) is 23.2 Å². The number of hydrogen-bond donors (Lipinski definition) is 1. The SMILES string of the molecule is O=C(Nc1cc(Br)ccn1)c1cc(Cl)ccc1Cl.